The lowest BCUT2D eigenvalue weighted by molar-refractivity contribution is -0.0903. The lowest BCUT2D eigenvalue weighted by Gasteiger charge is -2.22. The molecule has 0 spiro atoms. The summed E-state index contributed by atoms with van der Waals surface area (Å²) in [5.74, 6) is 4.98. The molecule has 28 heavy (non-hydrogen) atoms. The van der Waals surface area contributed by atoms with E-state index in [4.69, 9.17) is 22.2 Å². The van der Waals surface area contributed by atoms with Gasteiger partial charge in [-0.25, -0.2) is 14.1 Å². The molecule has 0 unspecified atom stereocenters. The van der Waals surface area contributed by atoms with Crippen LogP contribution in [0.4, 0.5) is 4.39 Å². The number of aliphatic imine (C=N–C) groups is 1. The summed E-state index contributed by atoms with van der Waals surface area (Å²) in [4.78, 5) is 4.07. The summed E-state index contributed by atoms with van der Waals surface area (Å²) < 4.78 is 20.5. The summed E-state index contributed by atoms with van der Waals surface area (Å²) in [6.45, 7) is 0. The Hall–Kier alpha value is -2.37. The maximum atomic E-state index is 13.4. The second kappa shape index (κ2) is 7.22. The highest BCUT2D eigenvalue weighted by Crippen LogP contribution is 2.37. The molecule has 0 aliphatic carbocycles. The molecule has 2 aliphatic rings. The summed E-state index contributed by atoms with van der Waals surface area (Å²) >= 11 is 5.76. The number of hydrogen-bond donors (Lipinski definition) is 4. The molecule has 5 N–H and O–H groups in total. The van der Waals surface area contributed by atoms with Crippen LogP contribution in [0.3, 0.4) is 0 Å². The minimum Gasteiger partial charge on any atom is -0.387 e. The Morgan fingerprint density at radius 3 is 2.86 bits per heavy atom. The van der Waals surface area contributed by atoms with Gasteiger partial charge in [0.1, 0.15) is 30.2 Å². The Labute approximate surface area is 163 Å². The molecule has 9 nitrogen and oxygen atoms in total. The van der Waals surface area contributed by atoms with E-state index in [9.17, 15) is 19.7 Å². The summed E-state index contributed by atoms with van der Waals surface area (Å²) in [6.07, 6.45) is -2.87. The molecule has 3 heterocycles. The fourth-order valence-corrected chi connectivity index (χ4v) is 3.61. The zero-order chi connectivity index (χ0) is 20.0. The van der Waals surface area contributed by atoms with Gasteiger partial charge in [-0.3, -0.25) is 0 Å². The lowest BCUT2D eigenvalue weighted by Crippen LogP contribution is -2.35. The Morgan fingerprint density at radius 2 is 2.14 bits per heavy atom. The lowest BCUT2D eigenvalue weighted by atomic mass is 9.99. The van der Waals surface area contributed by atoms with Gasteiger partial charge in [-0.15, -0.1) is 0 Å². The molecule has 1 aromatic carbocycles. The van der Waals surface area contributed by atoms with Gasteiger partial charge in [-0.1, -0.05) is 17.7 Å². The highest BCUT2D eigenvalue weighted by molar-refractivity contribution is 6.30. The smallest absolute Gasteiger partial charge is 0.181 e. The molecular weight excluding hydrogens is 393 g/mol. The molecule has 0 bridgehead atoms. The Bertz CT molecular complexity index is 965. The van der Waals surface area contributed by atoms with Crippen LogP contribution in [0.5, 0.6) is 0 Å². The fourth-order valence-electron chi connectivity index (χ4n) is 3.42. The SMILES string of the molecule is N/N=C1/N=CCc2c1cnn2[C@@H]1O[C@H]([C@H](O)c2ccc(F)c(Cl)c2)[C@@H](O)[C@H]1O. The molecular formula is C17H17ClFN5O4. The van der Waals surface area contributed by atoms with Crippen molar-refractivity contribution >= 4 is 23.7 Å². The molecule has 0 saturated carbocycles. The van der Waals surface area contributed by atoms with E-state index in [1.165, 1.54) is 23.0 Å². The summed E-state index contributed by atoms with van der Waals surface area (Å²) in [5, 5.41) is 39.1. The van der Waals surface area contributed by atoms with Crippen molar-refractivity contribution in [2.75, 3.05) is 0 Å². The van der Waals surface area contributed by atoms with Gasteiger partial charge in [-0.2, -0.15) is 10.2 Å². The molecule has 148 valence electrons. The number of fused-ring (bicyclic) bond motifs is 1. The molecule has 5 atom stereocenters. The van der Waals surface area contributed by atoms with Crippen molar-refractivity contribution in [3.63, 3.8) is 0 Å². The number of ether oxygens (including phenoxy) is 1. The third-order valence-corrected chi connectivity index (χ3v) is 5.16. The van der Waals surface area contributed by atoms with Crippen molar-refractivity contribution in [2.24, 2.45) is 15.9 Å². The number of rotatable bonds is 3. The Balaban J connectivity index is 1.62. The normalized spacial score (nSPS) is 29.2. The van der Waals surface area contributed by atoms with E-state index in [0.29, 0.717) is 17.7 Å². The van der Waals surface area contributed by atoms with Gasteiger partial charge in [0.25, 0.3) is 0 Å². The molecule has 1 aromatic heterocycles. The predicted molar refractivity (Wildman–Crippen MR) is 97.4 cm³/mol. The van der Waals surface area contributed by atoms with E-state index in [-0.39, 0.29) is 16.4 Å². The number of halogens is 2. The van der Waals surface area contributed by atoms with Crippen LogP contribution < -0.4 is 5.84 Å². The van der Waals surface area contributed by atoms with Crippen LogP contribution in [-0.4, -0.2) is 55.5 Å². The molecule has 1 fully saturated rings. The quantitative estimate of drug-likeness (QED) is 0.424. The average molecular weight is 410 g/mol. The monoisotopic (exact) mass is 409 g/mol. The van der Waals surface area contributed by atoms with Gasteiger partial charge < -0.3 is 25.9 Å². The topological polar surface area (TPSA) is 138 Å². The summed E-state index contributed by atoms with van der Waals surface area (Å²) in [7, 11) is 0. The average Bonchev–Trinajstić information content (AvgIpc) is 3.25. The highest BCUT2D eigenvalue weighted by Gasteiger charge is 2.48. The molecule has 2 aliphatic heterocycles. The number of amidine groups is 1. The fraction of sp³-hybridized carbons (Fsp3) is 0.353. The van der Waals surface area contributed by atoms with Crippen molar-refractivity contribution in [3.05, 3.63) is 52.1 Å². The second-order valence-corrected chi connectivity index (χ2v) is 6.92. The first kappa shape index (κ1) is 19.0. The predicted octanol–water partition coefficient (Wildman–Crippen LogP) is 0.276. The molecule has 2 aromatic rings. The van der Waals surface area contributed by atoms with Crippen LogP contribution in [0.15, 0.2) is 34.5 Å². The van der Waals surface area contributed by atoms with E-state index in [1.807, 2.05) is 0 Å². The van der Waals surface area contributed by atoms with Crippen molar-refractivity contribution in [1.82, 2.24) is 9.78 Å². The molecule has 0 amide bonds. The van der Waals surface area contributed by atoms with Gasteiger partial charge in [0, 0.05) is 12.6 Å². The van der Waals surface area contributed by atoms with Crippen molar-refractivity contribution in [1.29, 1.82) is 0 Å². The zero-order valence-corrected chi connectivity index (χ0v) is 15.1. The third kappa shape index (κ3) is 2.99. The number of hydrogen-bond acceptors (Lipinski definition) is 7. The highest BCUT2D eigenvalue weighted by atomic mass is 35.5. The second-order valence-electron chi connectivity index (χ2n) is 6.51. The van der Waals surface area contributed by atoms with Crippen LogP contribution >= 0.6 is 11.6 Å². The van der Waals surface area contributed by atoms with E-state index >= 15 is 0 Å². The molecule has 0 radical (unpaired) electrons. The summed E-state index contributed by atoms with van der Waals surface area (Å²) in [5.41, 5.74) is 1.48. The van der Waals surface area contributed by atoms with Crippen molar-refractivity contribution in [3.8, 4) is 0 Å². The number of aromatic nitrogens is 2. The summed E-state index contributed by atoms with van der Waals surface area (Å²) in [6, 6.07) is 3.68. The molecule has 11 heteroatoms. The first-order valence-corrected chi connectivity index (χ1v) is 8.82. The number of aliphatic hydroxyl groups is 3. The van der Waals surface area contributed by atoms with Crippen molar-refractivity contribution in [2.45, 2.75) is 37.1 Å². The molecule has 1 saturated heterocycles. The van der Waals surface area contributed by atoms with E-state index in [2.05, 4.69) is 15.2 Å². The third-order valence-electron chi connectivity index (χ3n) is 4.87. The number of benzene rings is 1. The molecule has 4 rings (SSSR count). The van der Waals surface area contributed by atoms with Gasteiger partial charge in [0.05, 0.1) is 22.5 Å². The van der Waals surface area contributed by atoms with Crippen LogP contribution in [0.2, 0.25) is 5.02 Å². The maximum absolute atomic E-state index is 13.4. The number of aliphatic hydroxyl groups excluding tert-OH is 3. The largest absolute Gasteiger partial charge is 0.387 e. The Morgan fingerprint density at radius 1 is 1.36 bits per heavy atom. The number of nitrogens with two attached hydrogens (primary N) is 1. The van der Waals surface area contributed by atoms with E-state index < -0.39 is 36.5 Å². The van der Waals surface area contributed by atoms with Gasteiger partial charge in [0.2, 0.25) is 0 Å². The van der Waals surface area contributed by atoms with Gasteiger partial charge in [-0.05, 0) is 17.7 Å². The van der Waals surface area contributed by atoms with Gasteiger partial charge in [0.15, 0.2) is 12.1 Å². The maximum Gasteiger partial charge on any atom is 0.181 e. The minimum absolute atomic E-state index is 0.171. The van der Waals surface area contributed by atoms with E-state index in [1.54, 1.807) is 6.21 Å². The zero-order valence-electron chi connectivity index (χ0n) is 14.4. The van der Waals surface area contributed by atoms with Crippen molar-refractivity contribution < 1.29 is 24.4 Å². The van der Waals surface area contributed by atoms with Crippen LogP contribution in [0.1, 0.15) is 29.2 Å². The number of hydrazone groups is 1. The van der Waals surface area contributed by atoms with Crippen LogP contribution in [0, 0.1) is 5.82 Å². The number of nitrogens with zero attached hydrogens (tertiary/aromatic N) is 4. The minimum atomic E-state index is -1.41. The Kier molecular flexibility index (Phi) is 4.89. The standard InChI is InChI=1S/C17H17ClFN5O4/c18-9-5-7(1-2-10(9)19)12(25)15-13(26)14(27)17(28-15)24-11-3-4-21-16(23-20)8(11)6-22-24/h1-2,4-6,12-15,17,25-27H,3,20H2/b23-16+/t12-,13+,14-,15-,17-/m1/s1. The van der Waals surface area contributed by atoms with Crippen LogP contribution in [0.25, 0.3) is 0 Å². The first-order valence-electron chi connectivity index (χ1n) is 8.44. The van der Waals surface area contributed by atoms with Crippen LogP contribution in [-0.2, 0) is 11.2 Å². The van der Waals surface area contributed by atoms with E-state index in [0.717, 1.165) is 6.07 Å². The van der Waals surface area contributed by atoms with Gasteiger partial charge >= 0.3 is 0 Å². The first-order chi connectivity index (χ1) is 13.4.